The van der Waals surface area contributed by atoms with Crippen molar-refractivity contribution in [2.75, 3.05) is 5.32 Å². The molecule has 3 aromatic rings. The van der Waals surface area contributed by atoms with Gasteiger partial charge in [-0.1, -0.05) is 53.7 Å². The van der Waals surface area contributed by atoms with Gasteiger partial charge in [0.25, 0.3) is 5.22 Å². The number of thioether (sulfide) groups is 1. The van der Waals surface area contributed by atoms with E-state index in [1.54, 1.807) is 19.1 Å². The molecule has 1 heterocycles. The van der Waals surface area contributed by atoms with Crippen LogP contribution in [0.4, 0.5) is 5.69 Å². The van der Waals surface area contributed by atoms with Crippen LogP contribution in [0.25, 0.3) is 11.5 Å². The lowest BCUT2D eigenvalue weighted by Crippen LogP contribution is -2.22. The van der Waals surface area contributed by atoms with Crippen molar-refractivity contribution in [3.63, 3.8) is 0 Å². The molecule has 0 aliphatic heterocycles. The smallest absolute Gasteiger partial charge is 0.277 e. The summed E-state index contributed by atoms with van der Waals surface area (Å²) in [5, 5.41) is 11.3. The number of anilines is 1. The number of aryl methyl sites for hydroxylation is 1. The standard InChI is InChI=1S/C18H16ClN3O2S/c1-11-7-3-4-8-13(11)17-21-22-18(24-17)25-12(2)16(23)20-15-10-6-5-9-14(15)19/h3-10,12H,1-2H3,(H,20,23)/t12-/m0/s1. The van der Waals surface area contributed by atoms with Crippen molar-refractivity contribution in [1.82, 2.24) is 10.2 Å². The summed E-state index contributed by atoms with van der Waals surface area (Å²) in [6, 6.07) is 14.9. The Morgan fingerprint density at radius 1 is 1.16 bits per heavy atom. The molecule has 0 unspecified atom stereocenters. The molecule has 0 saturated carbocycles. The topological polar surface area (TPSA) is 68.0 Å². The van der Waals surface area contributed by atoms with Crippen LogP contribution in [0.1, 0.15) is 12.5 Å². The molecular weight excluding hydrogens is 358 g/mol. The van der Waals surface area contributed by atoms with Gasteiger partial charge in [0.15, 0.2) is 0 Å². The summed E-state index contributed by atoms with van der Waals surface area (Å²) in [6.07, 6.45) is 0. The summed E-state index contributed by atoms with van der Waals surface area (Å²) in [5.41, 5.74) is 2.51. The fraction of sp³-hybridized carbons (Fsp3) is 0.167. The quantitative estimate of drug-likeness (QED) is 0.649. The number of carbonyl (C=O) groups excluding carboxylic acids is 1. The normalized spacial score (nSPS) is 12.0. The molecule has 0 radical (unpaired) electrons. The number of nitrogens with zero attached hydrogens (tertiary/aromatic N) is 2. The van der Waals surface area contributed by atoms with Crippen molar-refractivity contribution in [1.29, 1.82) is 0 Å². The van der Waals surface area contributed by atoms with Gasteiger partial charge in [0.2, 0.25) is 11.8 Å². The maximum Gasteiger partial charge on any atom is 0.277 e. The third kappa shape index (κ3) is 4.21. The van der Waals surface area contributed by atoms with E-state index >= 15 is 0 Å². The molecule has 1 N–H and O–H groups in total. The van der Waals surface area contributed by atoms with Crippen LogP contribution < -0.4 is 5.32 Å². The lowest BCUT2D eigenvalue weighted by atomic mass is 10.1. The zero-order chi connectivity index (χ0) is 17.8. The SMILES string of the molecule is Cc1ccccc1-c1nnc(S[C@@H](C)C(=O)Nc2ccccc2Cl)o1. The first-order valence-electron chi connectivity index (χ1n) is 7.66. The van der Waals surface area contributed by atoms with Crippen LogP contribution in [-0.2, 0) is 4.79 Å². The predicted octanol–water partition coefficient (Wildman–Crippen LogP) is 4.82. The Kier molecular flexibility index (Phi) is 5.40. The van der Waals surface area contributed by atoms with E-state index in [0.29, 0.717) is 21.8 Å². The highest BCUT2D eigenvalue weighted by Gasteiger charge is 2.19. The number of halogens is 1. The van der Waals surface area contributed by atoms with Gasteiger partial charge in [-0.05, 0) is 37.6 Å². The number of benzene rings is 2. The van der Waals surface area contributed by atoms with Crippen LogP contribution in [0.2, 0.25) is 5.02 Å². The number of para-hydroxylation sites is 1. The second-order valence-electron chi connectivity index (χ2n) is 5.42. The number of aromatic nitrogens is 2. The number of hydrogen-bond donors (Lipinski definition) is 1. The van der Waals surface area contributed by atoms with Crippen LogP contribution in [0.3, 0.4) is 0 Å². The molecule has 0 spiro atoms. The highest BCUT2D eigenvalue weighted by Crippen LogP contribution is 2.28. The van der Waals surface area contributed by atoms with Gasteiger partial charge >= 0.3 is 0 Å². The van der Waals surface area contributed by atoms with Crippen LogP contribution >= 0.6 is 23.4 Å². The second kappa shape index (κ2) is 7.72. The molecule has 1 atom stereocenters. The third-order valence-electron chi connectivity index (χ3n) is 3.56. The Hall–Kier alpha value is -2.31. The zero-order valence-corrected chi connectivity index (χ0v) is 15.3. The molecule has 7 heteroatoms. The third-order valence-corrected chi connectivity index (χ3v) is 4.82. The number of rotatable bonds is 5. The van der Waals surface area contributed by atoms with Gasteiger partial charge in [-0.3, -0.25) is 4.79 Å². The van der Waals surface area contributed by atoms with Crippen LogP contribution in [0, 0.1) is 6.92 Å². The molecule has 5 nitrogen and oxygen atoms in total. The summed E-state index contributed by atoms with van der Waals surface area (Å²) < 4.78 is 5.68. The zero-order valence-electron chi connectivity index (χ0n) is 13.7. The molecular formula is C18H16ClN3O2S. The van der Waals surface area contributed by atoms with Crippen molar-refractivity contribution in [2.45, 2.75) is 24.3 Å². The first kappa shape index (κ1) is 17.5. The number of carbonyl (C=O) groups is 1. The summed E-state index contributed by atoms with van der Waals surface area (Å²) in [4.78, 5) is 12.3. The number of nitrogens with one attached hydrogen (secondary N) is 1. The molecule has 0 aliphatic rings. The minimum Gasteiger partial charge on any atom is -0.411 e. The molecule has 0 fully saturated rings. The molecule has 0 aliphatic carbocycles. The molecule has 128 valence electrons. The van der Waals surface area contributed by atoms with E-state index in [2.05, 4.69) is 15.5 Å². The maximum atomic E-state index is 12.3. The fourth-order valence-electron chi connectivity index (χ4n) is 2.18. The average Bonchev–Trinajstić information content (AvgIpc) is 3.05. The first-order valence-corrected chi connectivity index (χ1v) is 8.92. The fourth-order valence-corrected chi connectivity index (χ4v) is 3.05. The number of hydrogen-bond acceptors (Lipinski definition) is 5. The van der Waals surface area contributed by atoms with Crippen LogP contribution in [0.15, 0.2) is 58.2 Å². The van der Waals surface area contributed by atoms with E-state index in [1.807, 2.05) is 43.3 Å². The molecule has 1 aromatic heterocycles. The van der Waals surface area contributed by atoms with Gasteiger partial charge in [-0.25, -0.2) is 0 Å². The molecule has 25 heavy (non-hydrogen) atoms. The summed E-state index contributed by atoms with van der Waals surface area (Å²) in [6.45, 7) is 3.75. The van der Waals surface area contributed by atoms with Crippen molar-refractivity contribution < 1.29 is 9.21 Å². The average molecular weight is 374 g/mol. The lowest BCUT2D eigenvalue weighted by Gasteiger charge is -2.10. The predicted molar refractivity (Wildman–Crippen MR) is 99.9 cm³/mol. The van der Waals surface area contributed by atoms with E-state index in [4.69, 9.17) is 16.0 Å². The van der Waals surface area contributed by atoms with Crippen molar-refractivity contribution in [3.8, 4) is 11.5 Å². The van der Waals surface area contributed by atoms with Crippen molar-refractivity contribution >= 4 is 35.0 Å². The highest BCUT2D eigenvalue weighted by molar-refractivity contribution is 8.00. The van der Waals surface area contributed by atoms with Crippen LogP contribution in [0.5, 0.6) is 0 Å². The minimum atomic E-state index is -0.415. The summed E-state index contributed by atoms with van der Waals surface area (Å²) in [5.74, 6) is 0.257. The first-order chi connectivity index (χ1) is 12.0. The number of amides is 1. The van der Waals surface area contributed by atoms with Gasteiger partial charge in [0, 0.05) is 5.56 Å². The second-order valence-corrected chi connectivity index (χ2v) is 7.12. The largest absolute Gasteiger partial charge is 0.411 e. The van der Waals surface area contributed by atoms with E-state index in [9.17, 15) is 4.79 Å². The molecule has 1 amide bonds. The molecule has 3 rings (SSSR count). The van der Waals surface area contributed by atoms with Gasteiger partial charge in [-0.2, -0.15) is 0 Å². The highest BCUT2D eigenvalue weighted by atomic mass is 35.5. The van der Waals surface area contributed by atoms with Gasteiger partial charge in [0.05, 0.1) is 16.0 Å². The van der Waals surface area contributed by atoms with Crippen molar-refractivity contribution in [3.05, 3.63) is 59.1 Å². The summed E-state index contributed by atoms with van der Waals surface area (Å²) >= 11 is 7.26. The van der Waals surface area contributed by atoms with E-state index in [0.717, 1.165) is 11.1 Å². The van der Waals surface area contributed by atoms with Gasteiger partial charge in [0.1, 0.15) is 0 Å². The Labute approximate surface area is 154 Å². The molecule has 0 saturated heterocycles. The Morgan fingerprint density at radius 3 is 2.64 bits per heavy atom. The van der Waals surface area contributed by atoms with E-state index < -0.39 is 5.25 Å². The van der Waals surface area contributed by atoms with E-state index in [1.165, 1.54) is 11.8 Å². The monoisotopic (exact) mass is 373 g/mol. The van der Waals surface area contributed by atoms with Crippen LogP contribution in [-0.4, -0.2) is 21.4 Å². The van der Waals surface area contributed by atoms with Crippen molar-refractivity contribution in [2.24, 2.45) is 0 Å². The minimum absolute atomic E-state index is 0.186. The van der Waals surface area contributed by atoms with Gasteiger partial charge < -0.3 is 9.73 Å². The van der Waals surface area contributed by atoms with Gasteiger partial charge in [-0.15, -0.1) is 10.2 Å². The Bertz CT molecular complexity index is 897. The molecule has 2 aromatic carbocycles. The summed E-state index contributed by atoms with van der Waals surface area (Å²) in [7, 11) is 0. The Morgan fingerprint density at radius 2 is 1.88 bits per heavy atom. The Balaban J connectivity index is 1.67. The van der Waals surface area contributed by atoms with E-state index in [-0.39, 0.29) is 5.91 Å². The molecule has 0 bridgehead atoms. The maximum absolute atomic E-state index is 12.3. The lowest BCUT2D eigenvalue weighted by molar-refractivity contribution is -0.115.